The van der Waals surface area contributed by atoms with Crippen molar-refractivity contribution in [2.24, 2.45) is 5.92 Å². The maximum Gasteiger partial charge on any atom is 0.134 e. The summed E-state index contributed by atoms with van der Waals surface area (Å²) >= 11 is 0. The van der Waals surface area contributed by atoms with Gasteiger partial charge < -0.3 is 15.1 Å². The van der Waals surface area contributed by atoms with Crippen LogP contribution < -0.4 is 4.90 Å². The number of anilines is 1. The lowest BCUT2D eigenvalue weighted by atomic mass is 10.0. The van der Waals surface area contributed by atoms with Crippen LogP contribution in [0.1, 0.15) is 31.9 Å². The van der Waals surface area contributed by atoms with E-state index in [2.05, 4.69) is 9.88 Å². The third-order valence-corrected chi connectivity index (χ3v) is 3.47. The molecule has 3 atom stereocenters. The van der Waals surface area contributed by atoms with E-state index in [1.807, 2.05) is 19.1 Å². The van der Waals surface area contributed by atoms with Gasteiger partial charge in [-0.1, -0.05) is 6.07 Å². The average molecular weight is 236 g/mol. The fraction of sp³-hybridized carbons (Fsp3) is 0.615. The van der Waals surface area contributed by atoms with Gasteiger partial charge in [-0.3, -0.25) is 0 Å². The Kier molecular flexibility index (Phi) is 3.64. The standard InChI is InChI=1S/C13H20N2O2/c1-9(16)11-5-7-15(8-11)13-12(10(2)17)4-3-6-14-13/h3-4,6,9-11,16-17H,5,7-8H2,1-2H3. The van der Waals surface area contributed by atoms with Gasteiger partial charge in [0.05, 0.1) is 12.2 Å². The molecule has 0 saturated carbocycles. The zero-order valence-corrected chi connectivity index (χ0v) is 10.4. The number of aromatic nitrogens is 1. The van der Waals surface area contributed by atoms with Gasteiger partial charge in [0.2, 0.25) is 0 Å². The summed E-state index contributed by atoms with van der Waals surface area (Å²) < 4.78 is 0. The summed E-state index contributed by atoms with van der Waals surface area (Å²) in [5, 5.41) is 19.3. The van der Waals surface area contributed by atoms with Gasteiger partial charge in [-0.15, -0.1) is 0 Å². The third-order valence-electron chi connectivity index (χ3n) is 3.47. The van der Waals surface area contributed by atoms with Crippen LogP contribution in [0.3, 0.4) is 0 Å². The van der Waals surface area contributed by atoms with Crippen molar-refractivity contribution in [3.63, 3.8) is 0 Å². The Labute approximate surface area is 102 Å². The van der Waals surface area contributed by atoms with Gasteiger partial charge in [0.25, 0.3) is 0 Å². The minimum atomic E-state index is -0.510. The lowest BCUT2D eigenvalue weighted by Gasteiger charge is -2.22. The van der Waals surface area contributed by atoms with Gasteiger partial charge in [-0.05, 0) is 26.3 Å². The van der Waals surface area contributed by atoms with Crippen LogP contribution >= 0.6 is 0 Å². The third kappa shape index (κ3) is 2.58. The van der Waals surface area contributed by atoms with E-state index >= 15 is 0 Å². The number of nitrogens with zero attached hydrogens (tertiary/aromatic N) is 2. The van der Waals surface area contributed by atoms with E-state index in [4.69, 9.17) is 0 Å². The fourth-order valence-corrected chi connectivity index (χ4v) is 2.37. The summed E-state index contributed by atoms with van der Waals surface area (Å²) in [5.41, 5.74) is 0.860. The Morgan fingerprint density at radius 3 is 2.76 bits per heavy atom. The molecule has 2 rings (SSSR count). The van der Waals surface area contributed by atoms with E-state index in [1.54, 1.807) is 13.1 Å². The van der Waals surface area contributed by atoms with E-state index in [-0.39, 0.29) is 6.10 Å². The minimum Gasteiger partial charge on any atom is -0.393 e. The zero-order valence-electron chi connectivity index (χ0n) is 10.4. The molecule has 1 aliphatic rings. The van der Waals surface area contributed by atoms with Crippen molar-refractivity contribution >= 4 is 5.82 Å². The summed E-state index contributed by atoms with van der Waals surface area (Å²) in [6.45, 7) is 5.30. The molecule has 0 aliphatic carbocycles. The summed E-state index contributed by atoms with van der Waals surface area (Å²) in [7, 11) is 0. The molecule has 0 bridgehead atoms. The molecule has 94 valence electrons. The maximum atomic E-state index is 9.72. The first-order valence-electron chi connectivity index (χ1n) is 6.15. The monoisotopic (exact) mass is 236 g/mol. The number of aliphatic hydroxyl groups is 2. The fourth-order valence-electron chi connectivity index (χ4n) is 2.37. The number of pyridine rings is 1. The molecule has 4 nitrogen and oxygen atoms in total. The summed E-state index contributed by atoms with van der Waals surface area (Å²) in [4.78, 5) is 6.51. The van der Waals surface area contributed by atoms with Crippen LogP contribution in [-0.2, 0) is 0 Å². The first-order valence-corrected chi connectivity index (χ1v) is 6.15. The SMILES string of the molecule is CC(O)c1cccnc1N1CCC(C(C)O)C1. The molecule has 1 aliphatic heterocycles. The largest absolute Gasteiger partial charge is 0.393 e. The van der Waals surface area contributed by atoms with Crippen LogP contribution in [0.2, 0.25) is 0 Å². The average Bonchev–Trinajstić information content (AvgIpc) is 2.78. The molecule has 0 aromatic carbocycles. The van der Waals surface area contributed by atoms with E-state index in [0.717, 1.165) is 30.9 Å². The Morgan fingerprint density at radius 1 is 1.41 bits per heavy atom. The molecule has 1 saturated heterocycles. The lowest BCUT2D eigenvalue weighted by Crippen LogP contribution is -2.25. The first kappa shape index (κ1) is 12.3. The van der Waals surface area contributed by atoms with Gasteiger partial charge in [-0.2, -0.15) is 0 Å². The molecule has 1 fully saturated rings. The molecule has 1 aromatic heterocycles. The Bertz CT molecular complexity index is 379. The Balaban J connectivity index is 2.18. The van der Waals surface area contributed by atoms with E-state index in [9.17, 15) is 10.2 Å². The number of aliphatic hydroxyl groups excluding tert-OH is 2. The van der Waals surface area contributed by atoms with Gasteiger partial charge in [-0.25, -0.2) is 4.98 Å². The second-order valence-electron chi connectivity index (χ2n) is 4.83. The van der Waals surface area contributed by atoms with Crippen LogP contribution in [0, 0.1) is 5.92 Å². The van der Waals surface area contributed by atoms with Crippen molar-refractivity contribution in [2.75, 3.05) is 18.0 Å². The predicted molar refractivity (Wildman–Crippen MR) is 66.9 cm³/mol. The Hall–Kier alpha value is -1.13. The lowest BCUT2D eigenvalue weighted by molar-refractivity contribution is 0.136. The topological polar surface area (TPSA) is 56.6 Å². The minimum absolute atomic E-state index is 0.279. The van der Waals surface area contributed by atoms with Gasteiger partial charge in [0.15, 0.2) is 0 Å². The quantitative estimate of drug-likeness (QED) is 0.831. The number of hydrogen-bond acceptors (Lipinski definition) is 4. The Morgan fingerprint density at radius 2 is 2.18 bits per heavy atom. The molecule has 0 spiro atoms. The van der Waals surface area contributed by atoms with Crippen molar-refractivity contribution in [3.8, 4) is 0 Å². The first-order chi connectivity index (χ1) is 8.09. The number of hydrogen-bond donors (Lipinski definition) is 2. The molecular weight excluding hydrogens is 216 g/mol. The van der Waals surface area contributed by atoms with Crippen LogP contribution in [-0.4, -0.2) is 34.4 Å². The van der Waals surface area contributed by atoms with E-state index < -0.39 is 6.10 Å². The van der Waals surface area contributed by atoms with Gasteiger partial charge in [0.1, 0.15) is 5.82 Å². The maximum absolute atomic E-state index is 9.72. The second-order valence-corrected chi connectivity index (χ2v) is 4.83. The van der Waals surface area contributed by atoms with E-state index in [0.29, 0.717) is 5.92 Å². The van der Waals surface area contributed by atoms with E-state index in [1.165, 1.54) is 0 Å². The second kappa shape index (κ2) is 5.02. The van der Waals surface area contributed by atoms with Crippen molar-refractivity contribution in [1.29, 1.82) is 0 Å². The summed E-state index contributed by atoms with van der Waals surface area (Å²) in [6, 6.07) is 3.75. The molecular formula is C13H20N2O2. The highest BCUT2D eigenvalue weighted by Crippen LogP contribution is 2.29. The van der Waals surface area contributed by atoms with Crippen LogP contribution in [0.4, 0.5) is 5.82 Å². The highest BCUT2D eigenvalue weighted by Gasteiger charge is 2.28. The van der Waals surface area contributed by atoms with Crippen molar-refractivity contribution in [1.82, 2.24) is 4.98 Å². The zero-order chi connectivity index (χ0) is 12.4. The van der Waals surface area contributed by atoms with Crippen LogP contribution in [0.25, 0.3) is 0 Å². The van der Waals surface area contributed by atoms with Crippen molar-refractivity contribution < 1.29 is 10.2 Å². The molecule has 4 heteroatoms. The normalized spacial score (nSPS) is 23.8. The van der Waals surface area contributed by atoms with Gasteiger partial charge in [0, 0.05) is 30.8 Å². The summed E-state index contributed by atoms with van der Waals surface area (Å²) in [6.07, 6.45) is 1.94. The van der Waals surface area contributed by atoms with Crippen molar-refractivity contribution in [2.45, 2.75) is 32.5 Å². The molecule has 0 amide bonds. The predicted octanol–water partition coefficient (Wildman–Crippen LogP) is 1.34. The smallest absolute Gasteiger partial charge is 0.134 e. The summed E-state index contributed by atoms with van der Waals surface area (Å²) in [5.74, 6) is 1.16. The number of rotatable bonds is 3. The molecule has 3 unspecified atom stereocenters. The molecule has 1 aromatic rings. The highest BCUT2D eigenvalue weighted by molar-refractivity contribution is 5.48. The van der Waals surface area contributed by atoms with Crippen molar-refractivity contribution in [3.05, 3.63) is 23.9 Å². The van der Waals surface area contributed by atoms with Gasteiger partial charge >= 0.3 is 0 Å². The molecule has 2 heterocycles. The molecule has 2 N–H and O–H groups in total. The molecule has 17 heavy (non-hydrogen) atoms. The molecule has 0 radical (unpaired) electrons. The van der Waals surface area contributed by atoms with Crippen LogP contribution in [0.15, 0.2) is 18.3 Å². The van der Waals surface area contributed by atoms with Crippen LogP contribution in [0.5, 0.6) is 0 Å². The highest BCUT2D eigenvalue weighted by atomic mass is 16.3.